The number of amides is 1. The van der Waals surface area contributed by atoms with Crippen LogP contribution in [0.25, 0.3) is 22.5 Å². The van der Waals surface area contributed by atoms with Crippen molar-refractivity contribution in [3.05, 3.63) is 94.5 Å². The Hall–Kier alpha value is -4.01. The summed E-state index contributed by atoms with van der Waals surface area (Å²) in [4.78, 5) is 12.7. The first kappa shape index (κ1) is 24.1. The lowest BCUT2D eigenvalue weighted by Gasteiger charge is -2.10. The number of carbonyl (C=O) groups is 1. The fourth-order valence-corrected chi connectivity index (χ4v) is 4.01. The van der Waals surface area contributed by atoms with Gasteiger partial charge in [-0.05, 0) is 49.1 Å². The zero-order chi connectivity index (χ0) is 24.8. The van der Waals surface area contributed by atoms with E-state index in [0.717, 1.165) is 33.0 Å². The molecule has 176 valence electrons. The number of ether oxygens (including phenoxy) is 1. The second kappa shape index (κ2) is 10.9. The molecule has 5 nitrogen and oxygen atoms in total. The molecule has 0 saturated heterocycles. The number of benzene rings is 3. The Bertz CT molecular complexity index is 1350. The zero-order valence-electron chi connectivity index (χ0n) is 19.6. The van der Waals surface area contributed by atoms with Crippen LogP contribution in [0.1, 0.15) is 29.5 Å². The Balaban J connectivity index is 1.48. The molecule has 1 N–H and O–H groups in total. The fraction of sp³-hybridized carbons (Fsp3) is 0.172. The molecule has 1 heterocycles. The number of nitrogens with one attached hydrogen (secondary N) is 1. The molecule has 4 rings (SSSR count). The lowest BCUT2D eigenvalue weighted by atomic mass is 9.98. The summed E-state index contributed by atoms with van der Waals surface area (Å²) in [5, 5.41) is 13.5. The van der Waals surface area contributed by atoms with Crippen LogP contribution >= 0.6 is 11.6 Å². The molecule has 0 atom stereocenters. The van der Waals surface area contributed by atoms with Crippen LogP contribution in [-0.2, 0) is 4.79 Å². The van der Waals surface area contributed by atoms with Crippen molar-refractivity contribution in [1.82, 2.24) is 0 Å². The number of hydrogen-bond donors (Lipinski definition) is 1. The molecule has 35 heavy (non-hydrogen) atoms. The molecule has 0 unspecified atom stereocenters. The number of rotatable bonds is 8. The molecule has 0 spiro atoms. The molecule has 4 aromatic rings. The molecule has 0 fully saturated rings. The van der Waals surface area contributed by atoms with E-state index in [1.165, 1.54) is 0 Å². The summed E-state index contributed by atoms with van der Waals surface area (Å²) in [6.45, 7) is 4.24. The van der Waals surface area contributed by atoms with Crippen LogP contribution in [0.2, 0.25) is 5.02 Å². The molecule has 0 aliphatic carbocycles. The van der Waals surface area contributed by atoms with E-state index in [0.29, 0.717) is 29.9 Å². The predicted molar refractivity (Wildman–Crippen MR) is 139 cm³/mol. The minimum atomic E-state index is -0.249. The summed E-state index contributed by atoms with van der Waals surface area (Å²) < 4.78 is 11.9. The number of anilines is 1. The third kappa shape index (κ3) is 5.56. The van der Waals surface area contributed by atoms with E-state index in [1.54, 1.807) is 0 Å². The van der Waals surface area contributed by atoms with E-state index in [4.69, 9.17) is 20.8 Å². The van der Waals surface area contributed by atoms with Gasteiger partial charge in [0, 0.05) is 22.6 Å². The van der Waals surface area contributed by atoms with Crippen molar-refractivity contribution in [2.75, 3.05) is 11.9 Å². The van der Waals surface area contributed by atoms with Gasteiger partial charge in [-0.1, -0.05) is 72.3 Å². The molecule has 0 saturated carbocycles. The van der Waals surface area contributed by atoms with Crippen LogP contribution in [0.3, 0.4) is 0 Å². The molecule has 1 amide bonds. The first-order valence-electron chi connectivity index (χ1n) is 11.3. The number of carbonyl (C=O) groups excluding carboxylic acids is 1. The molecule has 1 aromatic heterocycles. The Labute approximate surface area is 209 Å². The average molecular weight is 485 g/mol. The second-order valence-electron chi connectivity index (χ2n) is 8.23. The van der Waals surface area contributed by atoms with Gasteiger partial charge in [0.1, 0.15) is 23.1 Å². The van der Waals surface area contributed by atoms with Gasteiger partial charge in [0.2, 0.25) is 11.8 Å². The molecule has 3 aromatic carbocycles. The molecular formula is C29H25ClN2O3. The van der Waals surface area contributed by atoms with Crippen molar-refractivity contribution >= 4 is 23.4 Å². The van der Waals surface area contributed by atoms with Gasteiger partial charge in [-0.2, -0.15) is 5.26 Å². The van der Waals surface area contributed by atoms with Crippen LogP contribution in [0, 0.1) is 25.2 Å². The predicted octanol–water partition coefficient (Wildman–Crippen LogP) is 7.55. The highest BCUT2D eigenvalue weighted by Crippen LogP contribution is 2.41. The highest BCUT2D eigenvalue weighted by molar-refractivity contribution is 6.32. The number of nitrogens with zero attached hydrogens (tertiary/aromatic N) is 1. The SMILES string of the molecule is Cc1cc(OCCCC(=O)Nc2oc(-c3ccccc3)c(-c3ccccc3)c2C#N)cc(C)c1Cl. The summed E-state index contributed by atoms with van der Waals surface area (Å²) in [6, 6.07) is 25.1. The minimum absolute atomic E-state index is 0.153. The first-order valence-corrected chi connectivity index (χ1v) is 11.7. The van der Waals surface area contributed by atoms with Crippen molar-refractivity contribution in [2.45, 2.75) is 26.7 Å². The summed E-state index contributed by atoms with van der Waals surface area (Å²) >= 11 is 6.20. The van der Waals surface area contributed by atoms with Gasteiger partial charge in [0.15, 0.2) is 0 Å². The molecule has 0 bridgehead atoms. The maximum absolute atomic E-state index is 12.7. The van der Waals surface area contributed by atoms with E-state index < -0.39 is 0 Å². The van der Waals surface area contributed by atoms with Gasteiger partial charge < -0.3 is 9.15 Å². The van der Waals surface area contributed by atoms with Gasteiger partial charge in [0.05, 0.1) is 6.61 Å². The smallest absolute Gasteiger partial charge is 0.226 e. The lowest BCUT2D eigenvalue weighted by Crippen LogP contribution is -2.13. The van der Waals surface area contributed by atoms with E-state index in [9.17, 15) is 10.1 Å². The van der Waals surface area contributed by atoms with Gasteiger partial charge in [0.25, 0.3) is 0 Å². The molecule has 6 heteroatoms. The quantitative estimate of drug-likeness (QED) is 0.262. The number of hydrogen-bond acceptors (Lipinski definition) is 4. The van der Waals surface area contributed by atoms with Crippen molar-refractivity contribution in [3.63, 3.8) is 0 Å². The van der Waals surface area contributed by atoms with E-state index in [1.807, 2.05) is 86.6 Å². The van der Waals surface area contributed by atoms with Gasteiger partial charge >= 0.3 is 0 Å². The topological polar surface area (TPSA) is 75.3 Å². The molecular weight excluding hydrogens is 460 g/mol. The highest BCUT2D eigenvalue weighted by atomic mass is 35.5. The fourth-order valence-electron chi connectivity index (χ4n) is 3.90. The minimum Gasteiger partial charge on any atom is -0.494 e. The number of aryl methyl sites for hydroxylation is 2. The Morgan fingerprint density at radius 2 is 1.60 bits per heavy atom. The third-order valence-corrected chi connectivity index (χ3v) is 6.19. The Kier molecular flexibility index (Phi) is 7.54. The average Bonchev–Trinajstić information content (AvgIpc) is 3.24. The molecule has 0 aliphatic rings. The largest absolute Gasteiger partial charge is 0.494 e. The van der Waals surface area contributed by atoms with E-state index in [-0.39, 0.29) is 18.2 Å². The maximum atomic E-state index is 12.7. The zero-order valence-corrected chi connectivity index (χ0v) is 20.4. The number of halogens is 1. The second-order valence-corrected chi connectivity index (χ2v) is 8.60. The summed E-state index contributed by atoms with van der Waals surface area (Å²) in [7, 11) is 0. The number of furan rings is 1. The van der Waals surface area contributed by atoms with Crippen LogP contribution in [0.4, 0.5) is 5.88 Å². The summed E-state index contributed by atoms with van der Waals surface area (Å²) in [6.07, 6.45) is 0.727. The van der Waals surface area contributed by atoms with Crippen LogP contribution < -0.4 is 10.1 Å². The normalized spacial score (nSPS) is 10.6. The van der Waals surface area contributed by atoms with Gasteiger partial charge in [-0.3, -0.25) is 10.1 Å². The Morgan fingerprint density at radius 3 is 2.20 bits per heavy atom. The first-order chi connectivity index (χ1) is 17.0. The van der Waals surface area contributed by atoms with Crippen LogP contribution in [0.15, 0.2) is 77.2 Å². The summed E-state index contributed by atoms with van der Waals surface area (Å²) in [5.74, 6) is 1.17. The molecule has 0 radical (unpaired) electrons. The van der Waals surface area contributed by atoms with E-state index in [2.05, 4.69) is 11.4 Å². The van der Waals surface area contributed by atoms with Crippen molar-refractivity contribution < 1.29 is 13.9 Å². The molecule has 0 aliphatic heterocycles. The lowest BCUT2D eigenvalue weighted by molar-refractivity contribution is -0.116. The van der Waals surface area contributed by atoms with E-state index >= 15 is 0 Å². The Morgan fingerprint density at radius 1 is 1.00 bits per heavy atom. The summed E-state index contributed by atoms with van der Waals surface area (Å²) in [5.41, 5.74) is 4.52. The van der Waals surface area contributed by atoms with Crippen molar-refractivity contribution in [3.8, 4) is 34.3 Å². The van der Waals surface area contributed by atoms with Gasteiger partial charge in [-0.25, -0.2) is 0 Å². The third-order valence-electron chi connectivity index (χ3n) is 5.60. The standard InChI is InChI=1S/C29H25ClN2O3/c1-19-16-23(17-20(2)27(19)30)34-15-9-14-25(33)32-29-24(18-31)26(21-10-5-3-6-11-21)28(35-29)22-12-7-4-8-13-22/h3-8,10-13,16-17H,9,14-15H2,1-2H3,(H,32,33). The van der Waals surface area contributed by atoms with Crippen LogP contribution in [0.5, 0.6) is 5.75 Å². The van der Waals surface area contributed by atoms with Crippen molar-refractivity contribution in [1.29, 1.82) is 5.26 Å². The highest BCUT2D eigenvalue weighted by Gasteiger charge is 2.24. The monoisotopic (exact) mass is 484 g/mol. The van der Waals surface area contributed by atoms with Gasteiger partial charge in [-0.15, -0.1) is 0 Å². The van der Waals surface area contributed by atoms with Crippen molar-refractivity contribution in [2.24, 2.45) is 0 Å². The maximum Gasteiger partial charge on any atom is 0.226 e. The van der Waals surface area contributed by atoms with Crippen LogP contribution in [-0.4, -0.2) is 12.5 Å². The number of nitriles is 1.